The fourth-order valence-corrected chi connectivity index (χ4v) is 2.70. The summed E-state index contributed by atoms with van der Waals surface area (Å²) in [7, 11) is 0.606. The van der Waals surface area contributed by atoms with E-state index < -0.39 is 59.3 Å². The summed E-state index contributed by atoms with van der Waals surface area (Å²) in [5.41, 5.74) is -5.53. The zero-order valence-corrected chi connectivity index (χ0v) is 14.1. The molecule has 0 saturated heterocycles. The number of benzene rings is 1. The van der Waals surface area contributed by atoms with Gasteiger partial charge in [0.15, 0.2) is 12.3 Å². The molecule has 1 heterocycles. The monoisotopic (exact) mass is 435 g/mol. The molecule has 1 aromatic carbocycles. The number of aliphatic hydroxyl groups is 1. The molecule has 0 amide bonds. The maximum absolute atomic E-state index is 13.1. The largest absolute Gasteiger partial charge is 0.416 e. The highest BCUT2D eigenvalue weighted by Crippen LogP contribution is 2.41. The van der Waals surface area contributed by atoms with E-state index in [-0.39, 0.29) is 23.2 Å². The number of alkyl halides is 9. The van der Waals surface area contributed by atoms with Crippen LogP contribution in [0.4, 0.5) is 45.2 Å². The van der Waals surface area contributed by atoms with Crippen LogP contribution in [-0.2, 0) is 17.1 Å². The van der Waals surface area contributed by atoms with Gasteiger partial charge in [0.1, 0.15) is 11.8 Å². The number of anilines is 1. The van der Waals surface area contributed by atoms with Crippen molar-refractivity contribution in [3.8, 4) is 6.07 Å². The maximum Gasteiger partial charge on any atom is 0.416 e. The van der Waals surface area contributed by atoms with Gasteiger partial charge in [0, 0.05) is 7.11 Å². The predicted molar refractivity (Wildman–Crippen MR) is 78.3 cm³/mol. The Kier molecular flexibility index (Phi) is 5.79. The van der Waals surface area contributed by atoms with Gasteiger partial charge < -0.3 is 9.84 Å². The fourth-order valence-electron chi connectivity index (χ4n) is 2.70. The summed E-state index contributed by atoms with van der Waals surface area (Å²) < 4.78 is 121. The fraction of sp³-hybridized carbons (Fsp3) is 0.467. The van der Waals surface area contributed by atoms with E-state index in [0.29, 0.717) is 7.11 Å². The Bertz CT molecular complexity index is 807. The second kappa shape index (κ2) is 7.38. The van der Waals surface area contributed by atoms with Crippen molar-refractivity contribution in [1.29, 1.82) is 5.26 Å². The molecule has 1 aromatic rings. The van der Waals surface area contributed by atoms with Gasteiger partial charge in [0.25, 0.3) is 0 Å². The molecule has 29 heavy (non-hydrogen) atoms. The Morgan fingerprint density at radius 3 is 1.86 bits per heavy atom. The topological polar surface area (TPSA) is 68.8 Å². The van der Waals surface area contributed by atoms with Gasteiger partial charge in [0.05, 0.1) is 22.7 Å². The molecule has 0 radical (unpaired) electrons. The van der Waals surface area contributed by atoms with Crippen molar-refractivity contribution in [3.05, 3.63) is 29.3 Å². The molecule has 3 atom stereocenters. The van der Waals surface area contributed by atoms with E-state index in [4.69, 9.17) is 5.26 Å². The highest BCUT2D eigenvalue weighted by atomic mass is 19.4. The van der Waals surface area contributed by atoms with E-state index in [2.05, 4.69) is 9.84 Å². The van der Waals surface area contributed by atoms with Crippen molar-refractivity contribution >= 4 is 11.4 Å². The van der Waals surface area contributed by atoms with Crippen LogP contribution in [0.3, 0.4) is 0 Å². The summed E-state index contributed by atoms with van der Waals surface area (Å²) in [6.07, 6.45) is -20.8. The molecule has 0 fully saturated rings. The number of hydrazone groups is 1. The van der Waals surface area contributed by atoms with Gasteiger partial charge >= 0.3 is 18.5 Å². The summed E-state index contributed by atoms with van der Waals surface area (Å²) >= 11 is 0. The molecular formula is C15H10F9N3O2. The number of aliphatic hydroxyl groups excluding tert-OH is 1. The lowest BCUT2D eigenvalue weighted by Gasteiger charge is -2.29. The molecular weight excluding hydrogens is 425 g/mol. The molecule has 2 rings (SSSR count). The summed E-state index contributed by atoms with van der Waals surface area (Å²) in [4.78, 5) is 0. The average Bonchev–Trinajstić information content (AvgIpc) is 2.89. The summed E-state index contributed by atoms with van der Waals surface area (Å²) in [5, 5.41) is 22.5. The minimum atomic E-state index is -5.23. The van der Waals surface area contributed by atoms with Crippen LogP contribution in [0.1, 0.15) is 11.1 Å². The molecule has 1 aliphatic rings. The van der Waals surface area contributed by atoms with Gasteiger partial charge in [-0.15, -0.1) is 0 Å². The first-order chi connectivity index (χ1) is 13.1. The number of nitrogens with zero attached hydrogens (tertiary/aromatic N) is 3. The molecule has 14 heteroatoms. The zero-order valence-electron chi connectivity index (χ0n) is 14.1. The Morgan fingerprint density at radius 2 is 1.52 bits per heavy atom. The van der Waals surface area contributed by atoms with Crippen molar-refractivity contribution in [2.45, 2.75) is 30.9 Å². The van der Waals surface area contributed by atoms with Crippen LogP contribution < -0.4 is 5.01 Å². The third-order valence-corrected chi connectivity index (χ3v) is 3.96. The van der Waals surface area contributed by atoms with E-state index in [1.165, 1.54) is 6.07 Å². The third kappa shape index (κ3) is 4.56. The van der Waals surface area contributed by atoms with E-state index in [0.717, 1.165) is 0 Å². The number of hydrogen-bond acceptors (Lipinski definition) is 5. The van der Waals surface area contributed by atoms with Crippen LogP contribution >= 0.6 is 0 Å². The Morgan fingerprint density at radius 1 is 1.03 bits per heavy atom. The SMILES string of the molecule is COC(C1C(C#N)=NN(c2cc(C(F)(F)F)cc(C(F)(F)F)c2)C1O)C(F)(F)F. The summed E-state index contributed by atoms with van der Waals surface area (Å²) in [5.74, 6) is -2.20. The van der Waals surface area contributed by atoms with Crippen LogP contribution in [0.25, 0.3) is 0 Å². The number of methoxy groups -OCH3 is 1. The highest BCUT2D eigenvalue weighted by Gasteiger charge is 2.54. The quantitative estimate of drug-likeness (QED) is 0.731. The molecule has 0 spiro atoms. The van der Waals surface area contributed by atoms with Gasteiger partial charge in [-0.25, -0.2) is 5.01 Å². The average molecular weight is 435 g/mol. The second-order valence-corrected chi connectivity index (χ2v) is 5.84. The number of halogens is 9. The summed E-state index contributed by atoms with van der Waals surface area (Å²) in [6.45, 7) is 0. The van der Waals surface area contributed by atoms with Gasteiger partial charge in [-0.2, -0.15) is 49.9 Å². The summed E-state index contributed by atoms with van der Waals surface area (Å²) in [6, 6.07) is 1.37. The molecule has 0 aromatic heterocycles. The predicted octanol–water partition coefficient (Wildman–Crippen LogP) is 3.94. The van der Waals surface area contributed by atoms with E-state index in [9.17, 15) is 44.6 Å². The molecule has 0 saturated carbocycles. The van der Waals surface area contributed by atoms with Crippen molar-refractivity contribution < 1.29 is 49.4 Å². The van der Waals surface area contributed by atoms with Crippen LogP contribution in [0.2, 0.25) is 0 Å². The van der Waals surface area contributed by atoms with Crippen molar-refractivity contribution in [3.63, 3.8) is 0 Å². The smallest absolute Gasteiger partial charge is 0.371 e. The van der Waals surface area contributed by atoms with Crippen molar-refractivity contribution in [2.24, 2.45) is 11.0 Å². The standard InChI is InChI=1S/C15H10F9N3O2/c1-29-11(15(22,23)24)10-9(5-25)26-27(12(10)28)8-3-6(13(16,17)18)2-7(4-8)14(19,20)21/h2-4,10-12,28H,1H3. The molecule has 1 N–H and O–H groups in total. The number of nitriles is 1. The van der Waals surface area contributed by atoms with Gasteiger partial charge in [-0.1, -0.05) is 0 Å². The lowest BCUT2D eigenvalue weighted by Crippen LogP contribution is -2.47. The first-order valence-electron chi connectivity index (χ1n) is 7.46. The normalized spacial score (nSPS) is 21.7. The van der Waals surface area contributed by atoms with Crippen LogP contribution in [0.5, 0.6) is 0 Å². The van der Waals surface area contributed by atoms with Crippen LogP contribution in [0, 0.1) is 17.2 Å². The van der Waals surface area contributed by atoms with Gasteiger partial charge in [-0.05, 0) is 18.2 Å². The van der Waals surface area contributed by atoms with Crippen LogP contribution in [0.15, 0.2) is 23.3 Å². The number of ether oxygens (including phenoxy) is 1. The van der Waals surface area contributed by atoms with Crippen molar-refractivity contribution in [1.82, 2.24) is 0 Å². The highest BCUT2D eigenvalue weighted by molar-refractivity contribution is 6.03. The minimum absolute atomic E-state index is 0.0888. The lowest BCUT2D eigenvalue weighted by molar-refractivity contribution is -0.227. The second-order valence-electron chi connectivity index (χ2n) is 5.84. The Labute approximate surface area is 156 Å². The van der Waals surface area contributed by atoms with E-state index in [1.807, 2.05) is 0 Å². The van der Waals surface area contributed by atoms with E-state index in [1.54, 1.807) is 0 Å². The van der Waals surface area contributed by atoms with Gasteiger partial charge in [0.2, 0.25) is 0 Å². The third-order valence-electron chi connectivity index (χ3n) is 3.96. The molecule has 0 aliphatic carbocycles. The van der Waals surface area contributed by atoms with Gasteiger partial charge in [-0.3, -0.25) is 0 Å². The first kappa shape index (κ1) is 22.8. The molecule has 5 nitrogen and oxygen atoms in total. The zero-order chi connectivity index (χ0) is 22.4. The number of rotatable bonds is 3. The first-order valence-corrected chi connectivity index (χ1v) is 7.46. The Hall–Kier alpha value is -2.53. The molecule has 0 bridgehead atoms. The molecule has 1 aliphatic heterocycles. The minimum Gasteiger partial charge on any atom is -0.371 e. The van der Waals surface area contributed by atoms with Crippen LogP contribution in [-0.4, -0.2) is 36.4 Å². The van der Waals surface area contributed by atoms with Crippen molar-refractivity contribution in [2.75, 3.05) is 12.1 Å². The van der Waals surface area contributed by atoms with E-state index >= 15 is 0 Å². The molecule has 160 valence electrons. The Balaban J connectivity index is 2.60. The molecule has 3 unspecified atom stereocenters. The lowest BCUT2D eigenvalue weighted by atomic mass is 9.95. The maximum atomic E-state index is 13.1. The number of hydrogen-bond donors (Lipinski definition) is 1.